The molecule has 4 rings (SSSR count). The fourth-order valence-corrected chi connectivity index (χ4v) is 4.71. The first-order valence-corrected chi connectivity index (χ1v) is 13.1. The molecular formula is C28H29F3N4O7. The van der Waals surface area contributed by atoms with Gasteiger partial charge in [-0.2, -0.15) is 23.0 Å². The molecule has 1 atom stereocenters. The van der Waals surface area contributed by atoms with E-state index in [1.54, 1.807) is 6.92 Å². The maximum Gasteiger partial charge on any atom is 0.416 e. The maximum atomic E-state index is 13.6. The van der Waals surface area contributed by atoms with Crippen molar-refractivity contribution in [1.82, 2.24) is 19.2 Å². The number of hydrogen-bond acceptors (Lipinski definition) is 8. The Morgan fingerprint density at radius 1 is 1.05 bits per heavy atom. The molecule has 0 N–H and O–H groups in total. The second-order valence-corrected chi connectivity index (χ2v) is 9.51. The van der Waals surface area contributed by atoms with Gasteiger partial charge in [-0.25, -0.2) is 4.79 Å². The molecule has 14 heteroatoms. The predicted octanol–water partition coefficient (Wildman–Crippen LogP) is 2.89. The smallest absolute Gasteiger partial charge is 0.416 e. The average Bonchev–Trinajstić information content (AvgIpc) is 2.98. The van der Waals surface area contributed by atoms with Crippen molar-refractivity contribution in [3.05, 3.63) is 80.1 Å². The van der Waals surface area contributed by atoms with Crippen molar-refractivity contribution >= 4 is 11.9 Å². The van der Waals surface area contributed by atoms with Crippen LogP contribution in [-0.4, -0.2) is 65.0 Å². The van der Waals surface area contributed by atoms with Gasteiger partial charge in [0.15, 0.2) is 11.5 Å². The third kappa shape index (κ3) is 6.31. The van der Waals surface area contributed by atoms with Crippen LogP contribution in [0.15, 0.2) is 52.1 Å². The van der Waals surface area contributed by atoms with Gasteiger partial charge in [-0.3, -0.25) is 19.0 Å². The Morgan fingerprint density at radius 3 is 2.45 bits per heavy atom. The lowest BCUT2D eigenvalue weighted by Crippen LogP contribution is -2.49. The molecule has 1 aliphatic heterocycles. The Morgan fingerprint density at radius 2 is 1.79 bits per heavy atom. The zero-order chi connectivity index (χ0) is 30.6. The van der Waals surface area contributed by atoms with Crippen molar-refractivity contribution in [3.63, 3.8) is 0 Å². The Kier molecular flexibility index (Phi) is 9.02. The highest BCUT2D eigenvalue weighted by Gasteiger charge is 2.33. The molecule has 0 saturated carbocycles. The number of aromatic nitrogens is 3. The van der Waals surface area contributed by atoms with E-state index in [1.165, 1.54) is 43.4 Å². The molecule has 11 nitrogen and oxygen atoms in total. The van der Waals surface area contributed by atoms with Crippen LogP contribution < -0.4 is 20.7 Å². The highest BCUT2D eigenvalue weighted by molar-refractivity contribution is 5.92. The number of nitrogens with zero attached hydrogens (tertiary/aromatic N) is 4. The van der Waals surface area contributed by atoms with Crippen LogP contribution >= 0.6 is 0 Å². The first-order valence-electron chi connectivity index (χ1n) is 13.1. The summed E-state index contributed by atoms with van der Waals surface area (Å²) in [5.74, 6) is -1.35. The molecule has 3 aromatic rings. The molecule has 1 saturated heterocycles. The van der Waals surface area contributed by atoms with E-state index in [0.29, 0.717) is 23.2 Å². The molecular weight excluding hydrogens is 561 g/mol. The summed E-state index contributed by atoms with van der Waals surface area (Å²) >= 11 is 0. The lowest BCUT2D eigenvalue weighted by Gasteiger charge is -2.31. The van der Waals surface area contributed by atoms with Crippen molar-refractivity contribution < 1.29 is 37.0 Å². The van der Waals surface area contributed by atoms with Gasteiger partial charge < -0.3 is 19.1 Å². The van der Waals surface area contributed by atoms with Crippen LogP contribution in [0, 0.1) is 5.92 Å². The summed E-state index contributed by atoms with van der Waals surface area (Å²) in [6.45, 7) is 1.46. The fraction of sp³-hybridized carbons (Fsp3) is 0.393. The van der Waals surface area contributed by atoms with E-state index in [1.807, 2.05) is 0 Å². The van der Waals surface area contributed by atoms with Gasteiger partial charge in [-0.1, -0.05) is 12.1 Å². The van der Waals surface area contributed by atoms with Crippen LogP contribution in [0.25, 0.3) is 5.69 Å². The molecule has 0 aliphatic carbocycles. The molecule has 1 aromatic heterocycles. The van der Waals surface area contributed by atoms with Gasteiger partial charge in [0.2, 0.25) is 5.69 Å². The summed E-state index contributed by atoms with van der Waals surface area (Å²) in [4.78, 5) is 54.4. The second-order valence-electron chi connectivity index (χ2n) is 9.51. The molecule has 42 heavy (non-hydrogen) atoms. The first-order chi connectivity index (χ1) is 20.0. The molecule has 2 aromatic carbocycles. The number of esters is 1. The van der Waals surface area contributed by atoms with Crippen molar-refractivity contribution in [2.75, 3.05) is 33.9 Å². The summed E-state index contributed by atoms with van der Waals surface area (Å²) < 4.78 is 57.1. The van der Waals surface area contributed by atoms with E-state index in [-0.39, 0.29) is 36.7 Å². The van der Waals surface area contributed by atoms with Gasteiger partial charge in [-0.15, -0.1) is 0 Å². The minimum atomic E-state index is -4.65. The quantitative estimate of drug-likeness (QED) is 0.367. The number of piperidine rings is 1. The van der Waals surface area contributed by atoms with Gasteiger partial charge in [0, 0.05) is 19.2 Å². The van der Waals surface area contributed by atoms with Crippen LogP contribution in [-0.2, 0) is 22.3 Å². The minimum Gasteiger partial charge on any atom is -0.493 e. The van der Waals surface area contributed by atoms with Crippen molar-refractivity contribution in [1.29, 1.82) is 0 Å². The van der Waals surface area contributed by atoms with Crippen LogP contribution in [0.3, 0.4) is 0 Å². The van der Waals surface area contributed by atoms with Crippen LogP contribution in [0.1, 0.15) is 41.4 Å². The zero-order valence-electron chi connectivity index (χ0n) is 23.1. The van der Waals surface area contributed by atoms with Crippen LogP contribution in [0.5, 0.6) is 11.5 Å². The predicted molar refractivity (Wildman–Crippen MR) is 143 cm³/mol. The number of hydrogen-bond donors (Lipinski definition) is 0. The monoisotopic (exact) mass is 590 g/mol. The number of carbonyl (C=O) groups is 2. The number of alkyl halides is 3. The Bertz CT molecular complexity index is 1600. The highest BCUT2D eigenvalue weighted by atomic mass is 19.4. The van der Waals surface area contributed by atoms with Gasteiger partial charge in [0.25, 0.3) is 11.5 Å². The molecule has 0 spiro atoms. The third-order valence-electron chi connectivity index (χ3n) is 6.80. The van der Waals surface area contributed by atoms with E-state index in [9.17, 15) is 32.3 Å². The lowest BCUT2D eigenvalue weighted by molar-refractivity contribution is -0.149. The molecule has 1 fully saturated rings. The molecule has 1 amide bonds. The average molecular weight is 591 g/mol. The summed E-state index contributed by atoms with van der Waals surface area (Å²) in [5.41, 5.74) is -3.57. The van der Waals surface area contributed by atoms with Crippen LogP contribution in [0.4, 0.5) is 13.2 Å². The largest absolute Gasteiger partial charge is 0.493 e. The zero-order valence-corrected chi connectivity index (χ0v) is 23.1. The Labute approximate surface area is 238 Å². The normalized spacial score (nSPS) is 15.3. The number of rotatable bonds is 8. The number of likely N-dealkylation sites (tertiary alicyclic amines) is 1. The number of benzene rings is 2. The topological polar surface area (TPSA) is 122 Å². The van der Waals surface area contributed by atoms with E-state index < -0.39 is 53.0 Å². The molecule has 224 valence electrons. The molecule has 0 bridgehead atoms. The number of carbonyl (C=O) groups excluding carboxylic acids is 2. The van der Waals surface area contributed by atoms with Crippen molar-refractivity contribution in [2.24, 2.45) is 5.92 Å². The van der Waals surface area contributed by atoms with E-state index in [0.717, 1.165) is 22.9 Å². The Hall–Kier alpha value is -4.62. The Balaban J connectivity index is 1.84. The summed E-state index contributed by atoms with van der Waals surface area (Å²) in [5, 5.41) is 4.10. The summed E-state index contributed by atoms with van der Waals surface area (Å²) in [7, 11) is 2.79. The van der Waals surface area contributed by atoms with E-state index in [2.05, 4.69) is 5.10 Å². The second kappa shape index (κ2) is 12.5. The van der Waals surface area contributed by atoms with Gasteiger partial charge in [-0.05, 0) is 49.6 Å². The molecule has 1 unspecified atom stereocenters. The first kappa shape index (κ1) is 30.3. The molecule has 1 aliphatic rings. The summed E-state index contributed by atoms with van der Waals surface area (Å²) in [6, 6.07) is 8.51. The van der Waals surface area contributed by atoms with E-state index >= 15 is 0 Å². The number of ether oxygens (including phenoxy) is 3. The maximum absolute atomic E-state index is 13.6. The molecule has 0 radical (unpaired) electrons. The number of halogens is 3. The number of methoxy groups -OCH3 is 2. The SMILES string of the molecule is CCOC(=O)C1CCCN(C(=O)c2nn(-c3ccc(OC)c(OC)c3)c(=O)n(Cc3cccc(C(F)(F)F)c3)c2=O)C1. The molecule has 2 heterocycles. The van der Waals surface area contributed by atoms with Gasteiger partial charge >= 0.3 is 17.8 Å². The number of amides is 1. The van der Waals surface area contributed by atoms with Crippen molar-refractivity contribution in [2.45, 2.75) is 32.5 Å². The van der Waals surface area contributed by atoms with E-state index in [4.69, 9.17) is 14.2 Å². The van der Waals surface area contributed by atoms with Gasteiger partial charge in [0.1, 0.15) is 0 Å². The van der Waals surface area contributed by atoms with Gasteiger partial charge in [0.05, 0.1) is 44.5 Å². The van der Waals surface area contributed by atoms with Crippen LogP contribution in [0.2, 0.25) is 0 Å². The van der Waals surface area contributed by atoms with Crippen molar-refractivity contribution in [3.8, 4) is 17.2 Å². The lowest BCUT2D eigenvalue weighted by atomic mass is 9.98. The minimum absolute atomic E-state index is 0.00725. The highest BCUT2D eigenvalue weighted by Crippen LogP contribution is 2.30. The summed E-state index contributed by atoms with van der Waals surface area (Å²) in [6.07, 6.45) is -3.70. The fourth-order valence-electron chi connectivity index (χ4n) is 4.71. The standard InChI is InChI=1S/C28H29F3N4O7/c1-4-42-26(38)18-8-6-12-33(16-18)24(36)23-25(37)34(15-17-7-5-9-19(13-17)28(29,30)31)27(39)35(32-23)20-10-11-21(40-2)22(14-20)41-3/h5,7,9-11,13-14,18H,4,6,8,12,15-16H2,1-3H3. The third-order valence-corrected chi connectivity index (χ3v) is 6.80.